The topological polar surface area (TPSA) is 51.5 Å². The number of alkyl halides is 2. The molecule has 0 saturated heterocycles. The van der Waals surface area contributed by atoms with Crippen LogP contribution in [0.1, 0.15) is 98.0 Å². The van der Waals surface area contributed by atoms with Crippen molar-refractivity contribution in [3.63, 3.8) is 0 Å². The molecule has 7 heteroatoms. The fourth-order valence-corrected chi connectivity index (χ4v) is 3.44. The summed E-state index contributed by atoms with van der Waals surface area (Å²) < 4.78 is 30.0. The van der Waals surface area contributed by atoms with Gasteiger partial charge in [0.2, 0.25) is 0 Å². The van der Waals surface area contributed by atoms with E-state index in [1.54, 1.807) is 18.3 Å². The predicted molar refractivity (Wildman–Crippen MR) is 179 cm³/mol. The first-order valence-electron chi connectivity index (χ1n) is 14.1. The summed E-state index contributed by atoms with van der Waals surface area (Å²) in [6, 6.07) is 6.32. The third-order valence-electron chi connectivity index (χ3n) is 4.76. The first kappa shape index (κ1) is 42.9. The van der Waals surface area contributed by atoms with E-state index in [0.29, 0.717) is 22.0 Å². The van der Waals surface area contributed by atoms with E-state index < -0.39 is 6.61 Å². The van der Waals surface area contributed by atoms with Crippen molar-refractivity contribution in [2.75, 3.05) is 0 Å². The largest absolute Gasteiger partial charge is 0.434 e. The average molecular weight is 603 g/mol. The molecule has 0 atom stereocenters. The highest BCUT2D eigenvalue weighted by Crippen LogP contribution is 2.26. The van der Waals surface area contributed by atoms with Crippen LogP contribution in [0.5, 0.6) is 5.75 Å². The summed E-state index contributed by atoms with van der Waals surface area (Å²) in [6.07, 6.45) is 11.8. The Kier molecular flexibility index (Phi) is 26.9. The van der Waals surface area contributed by atoms with Gasteiger partial charge in [-0.25, -0.2) is 0 Å². The summed E-state index contributed by atoms with van der Waals surface area (Å²) in [6.45, 7) is 22.1. The Labute approximate surface area is 258 Å². The number of pyridine rings is 1. The van der Waals surface area contributed by atoms with Gasteiger partial charge in [-0.05, 0) is 76.1 Å². The number of rotatable bonds is 9. The number of hydrogen-bond donors (Lipinski definition) is 0. The molecule has 0 N–H and O–H groups in total. The Morgan fingerprint density at radius 3 is 2.14 bits per heavy atom. The summed E-state index contributed by atoms with van der Waals surface area (Å²) in [5.41, 5.74) is 5.29. The molecule has 0 amide bonds. The Morgan fingerprint density at radius 1 is 1.14 bits per heavy atom. The summed E-state index contributed by atoms with van der Waals surface area (Å²) in [5, 5.41) is 0.372. The Hall–Kier alpha value is -3.56. The molecule has 42 heavy (non-hydrogen) atoms. The highest BCUT2D eigenvalue weighted by Gasteiger charge is 2.15. The zero-order chi connectivity index (χ0) is 33.3. The number of nitrogens with zero attached hydrogens (tertiary/aromatic N) is 2. The second-order valence-corrected chi connectivity index (χ2v) is 8.38. The average Bonchev–Trinajstić information content (AvgIpc) is 2.96. The SMILES string of the molecule is C#C/C=C\C.C=CC(=C(C)C)c1cnc(C(CC(C)=O)=NCc2cc(Cl)ccc2OC(F)F)c(C)c1.CC.CC.CC. The van der Waals surface area contributed by atoms with Crippen LogP contribution in [0.4, 0.5) is 8.78 Å². The second-order valence-electron chi connectivity index (χ2n) is 7.95. The van der Waals surface area contributed by atoms with E-state index in [-0.39, 0.29) is 24.5 Å². The number of aliphatic imine (C=N–C) groups is 1. The number of halogens is 3. The van der Waals surface area contributed by atoms with Gasteiger partial charge in [-0.1, -0.05) is 83.4 Å². The number of aromatic nitrogens is 1. The van der Waals surface area contributed by atoms with E-state index in [4.69, 9.17) is 18.0 Å². The van der Waals surface area contributed by atoms with Crippen molar-refractivity contribution in [2.24, 2.45) is 4.99 Å². The molecule has 2 aromatic rings. The van der Waals surface area contributed by atoms with Crippen LogP contribution < -0.4 is 4.74 Å². The fraction of sp³-hybridized carbons (Fsp3) is 0.400. The van der Waals surface area contributed by atoms with Crippen molar-refractivity contribution >= 4 is 28.7 Å². The monoisotopic (exact) mass is 602 g/mol. The molecule has 0 bridgehead atoms. The summed E-state index contributed by atoms with van der Waals surface area (Å²) in [7, 11) is 0. The maximum Gasteiger partial charge on any atom is 0.387 e. The molecule has 0 aliphatic heterocycles. The van der Waals surface area contributed by atoms with Crippen molar-refractivity contribution in [2.45, 2.75) is 95.7 Å². The van der Waals surface area contributed by atoms with E-state index in [2.05, 4.69) is 27.2 Å². The molecule has 0 aliphatic carbocycles. The Balaban J connectivity index is -0.00000121. The molecule has 0 spiro atoms. The number of aryl methyl sites for hydroxylation is 1. The lowest BCUT2D eigenvalue weighted by Crippen LogP contribution is -2.12. The van der Waals surface area contributed by atoms with Gasteiger partial charge in [0, 0.05) is 22.3 Å². The second kappa shape index (κ2) is 26.3. The first-order valence-corrected chi connectivity index (χ1v) is 14.5. The van der Waals surface area contributed by atoms with E-state index in [9.17, 15) is 13.6 Å². The summed E-state index contributed by atoms with van der Waals surface area (Å²) >= 11 is 6.01. The van der Waals surface area contributed by atoms with Crippen molar-refractivity contribution in [1.82, 2.24) is 4.98 Å². The molecule has 1 aromatic carbocycles. The van der Waals surface area contributed by atoms with Crippen LogP contribution in [-0.2, 0) is 11.3 Å². The molecule has 1 aromatic heterocycles. The van der Waals surface area contributed by atoms with Crippen LogP contribution >= 0.6 is 11.6 Å². The maximum absolute atomic E-state index is 12.7. The molecule has 232 valence electrons. The standard InChI is InChI=1S/C24H25ClF2N2O2.C5H6.3C2H6/c1-6-20(14(2)3)17-9-15(4)23(29-12-17)21(10-16(5)30)28-13-18-11-19(25)7-8-22(18)31-24(26)27;1-3-5-4-2;3*1-2/h6-9,11-12,24H,1,10,13H2,2-5H3;1,4-5H,2H3;3*1-2H3/b;5-4-;;;. The predicted octanol–water partition coefficient (Wildman–Crippen LogP) is 10.9. The lowest BCUT2D eigenvalue weighted by atomic mass is 9.99. The van der Waals surface area contributed by atoms with E-state index >= 15 is 0 Å². The molecular weight excluding hydrogens is 554 g/mol. The minimum Gasteiger partial charge on any atom is -0.434 e. The lowest BCUT2D eigenvalue weighted by molar-refractivity contribution is -0.115. The molecule has 0 aliphatic rings. The minimum atomic E-state index is -2.97. The van der Waals surface area contributed by atoms with Gasteiger partial charge in [0.05, 0.1) is 24.4 Å². The number of carbonyl (C=O) groups is 1. The molecule has 4 nitrogen and oxygen atoms in total. The highest BCUT2D eigenvalue weighted by molar-refractivity contribution is 6.30. The number of carbonyl (C=O) groups excluding carboxylic acids is 1. The van der Waals surface area contributed by atoms with Crippen LogP contribution in [-0.4, -0.2) is 23.1 Å². The molecule has 0 saturated carbocycles. The van der Waals surface area contributed by atoms with Crippen molar-refractivity contribution in [3.05, 3.63) is 88.2 Å². The minimum absolute atomic E-state index is 0.00969. The van der Waals surface area contributed by atoms with Crippen LogP contribution in [0.25, 0.3) is 5.57 Å². The van der Waals surface area contributed by atoms with E-state index in [1.165, 1.54) is 25.1 Å². The van der Waals surface area contributed by atoms with Gasteiger partial charge in [-0.3, -0.25) is 14.8 Å². The molecule has 0 unspecified atom stereocenters. The quantitative estimate of drug-likeness (QED) is 0.163. The number of Topliss-reactive ketones (excluding diaryl/α,β-unsaturated/α-hetero) is 1. The van der Waals surface area contributed by atoms with Gasteiger partial charge in [0.25, 0.3) is 0 Å². The molecule has 0 fully saturated rings. The van der Waals surface area contributed by atoms with Gasteiger partial charge in [0.1, 0.15) is 11.5 Å². The van der Waals surface area contributed by atoms with Crippen LogP contribution in [0.2, 0.25) is 5.02 Å². The number of allylic oxidation sites excluding steroid dienone is 5. The number of ether oxygens (including phenoxy) is 1. The van der Waals surface area contributed by atoms with Crippen LogP contribution in [0.15, 0.2) is 65.8 Å². The molecular formula is C35H49ClF2N2O2. The summed E-state index contributed by atoms with van der Waals surface area (Å²) in [4.78, 5) is 20.9. The van der Waals surface area contributed by atoms with Gasteiger partial charge in [-0.15, -0.1) is 6.42 Å². The highest BCUT2D eigenvalue weighted by atomic mass is 35.5. The zero-order valence-electron chi connectivity index (χ0n) is 27.2. The fourth-order valence-electron chi connectivity index (χ4n) is 3.24. The third-order valence-corrected chi connectivity index (χ3v) is 5.00. The number of terminal acetylenes is 1. The van der Waals surface area contributed by atoms with Gasteiger partial charge < -0.3 is 4.74 Å². The third kappa shape index (κ3) is 17.3. The smallest absolute Gasteiger partial charge is 0.387 e. The van der Waals surface area contributed by atoms with Crippen LogP contribution in [0.3, 0.4) is 0 Å². The molecule has 0 radical (unpaired) electrons. The van der Waals surface area contributed by atoms with Crippen molar-refractivity contribution < 1.29 is 18.3 Å². The van der Waals surface area contributed by atoms with Crippen molar-refractivity contribution in [3.8, 4) is 18.1 Å². The van der Waals surface area contributed by atoms with E-state index in [1.807, 2.05) is 81.4 Å². The zero-order valence-corrected chi connectivity index (χ0v) is 28.0. The Morgan fingerprint density at radius 2 is 1.74 bits per heavy atom. The van der Waals surface area contributed by atoms with Gasteiger partial charge in [-0.2, -0.15) is 8.78 Å². The van der Waals surface area contributed by atoms with E-state index in [0.717, 1.165) is 22.3 Å². The summed E-state index contributed by atoms with van der Waals surface area (Å²) in [5.74, 6) is 2.24. The van der Waals surface area contributed by atoms with Crippen LogP contribution in [0, 0.1) is 19.3 Å². The number of benzene rings is 1. The normalized spacial score (nSPS) is 9.81. The Bertz CT molecular complexity index is 1210. The van der Waals surface area contributed by atoms with Gasteiger partial charge >= 0.3 is 6.61 Å². The maximum atomic E-state index is 12.7. The number of hydrogen-bond acceptors (Lipinski definition) is 4. The number of ketones is 1. The molecule has 1 heterocycles. The molecule has 2 rings (SSSR count). The lowest BCUT2D eigenvalue weighted by Gasteiger charge is -2.13. The van der Waals surface area contributed by atoms with Crippen molar-refractivity contribution in [1.29, 1.82) is 0 Å². The first-order chi connectivity index (χ1) is 20.0. The van der Waals surface area contributed by atoms with Gasteiger partial charge in [0.15, 0.2) is 0 Å².